The number of carbonyl (C=O) groups is 1. The summed E-state index contributed by atoms with van der Waals surface area (Å²) in [5.41, 5.74) is 7.29. The highest BCUT2D eigenvalue weighted by molar-refractivity contribution is 5.79. The Morgan fingerprint density at radius 1 is 1.11 bits per heavy atom. The van der Waals surface area contributed by atoms with Gasteiger partial charge in [0.05, 0.1) is 14.2 Å². The van der Waals surface area contributed by atoms with Crippen molar-refractivity contribution < 1.29 is 14.3 Å². The monoisotopic (exact) mass is 374 g/mol. The van der Waals surface area contributed by atoms with Crippen molar-refractivity contribution >= 4 is 5.91 Å². The lowest BCUT2D eigenvalue weighted by molar-refractivity contribution is -0.126. The molecule has 0 heterocycles. The number of amides is 1. The summed E-state index contributed by atoms with van der Waals surface area (Å²) in [6.45, 7) is 0.688. The van der Waals surface area contributed by atoms with E-state index in [4.69, 9.17) is 15.2 Å². The highest BCUT2D eigenvalue weighted by Gasteiger charge is 2.36. The zero-order valence-electron chi connectivity index (χ0n) is 16.8. The van der Waals surface area contributed by atoms with Gasteiger partial charge in [0.15, 0.2) is 11.5 Å². The van der Waals surface area contributed by atoms with Gasteiger partial charge in [0.2, 0.25) is 5.91 Å². The molecule has 2 fully saturated rings. The summed E-state index contributed by atoms with van der Waals surface area (Å²) in [6, 6.07) is 6.37. The van der Waals surface area contributed by atoms with Crippen LogP contribution in [0.4, 0.5) is 0 Å². The third-order valence-electron chi connectivity index (χ3n) is 6.49. The molecule has 3 rings (SSSR count). The summed E-state index contributed by atoms with van der Waals surface area (Å²) in [7, 11) is 3.33. The van der Waals surface area contributed by atoms with E-state index in [0.717, 1.165) is 50.0 Å². The van der Waals surface area contributed by atoms with E-state index in [1.165, 1.54) is 24.8 Å². The third kappa shape index (κ3) is 4.57. The first-order valence-electron chi connectivity index (χ1n) is 10.3. The highest BCUT2D eigenvalue weighted by atomic mass is 16.5. The summed E-state index contributed by atoms with van der Waals surface area (Å²) in [4.78, 5) is 12.8. The number of methoxy groups -OCH3 is 2. The van der Waals surface area contributed by atoms with Crippen LogP contribution in [0.25, 0.3) is 0 Å². The van der Waals surface area contributed by atoms with E-state index < -0.39 is 0 Å². The van der Waals surface area contributed by atoms with Gasteiger partial charge in [-0.15, -0.1) is 0 Å². The molecule has 2 unspecified atom stereocenters. The van der Waals surface area contributed by atoms with Gasteiger partial charge < -0.3 is 20.5 Å². The Morgan fingerprint density at radius 3 is 2.52 bits per heavy atom. The molecule has 1 amide bonds. The molecular formula is C22H34N2O3. The fourth-order valence-corrected chi connectivity index (χ4v) is 4.83. The van der Waals surface area contributed by atoms with E-state index in [1.807, 2.05) is 6.07 Å². The third-order valence-corrected chi connectivity index (χ3v) is 6.49. The number of hydrogen-bond donors (Lipinski definition) is 2. The summed E-state index contributed by atoms with van der Waals surface area (Å²) >= 11 is 0. The first kappa shape index (κ1) is 20.0. The molecule has 150 valence electrons. The molecule has 0 spiro atoms. The molecule has 27 heavy (non-hydrogen) atoms. The molecule has 1 aromatic carbocycles. The summed E-state index contributed by atoms with van der Waals surface area (Å²) in [6.07, 6.45) is 9.70. The van der Waals surface area contributed by atoms with Crippen LogP contribution in [0, 0.1) is 5.92 Å². The number of hydrogen-bond acceptors (Lipinski definition) is 4. The molecule has 0 aliphatic heterocycles. The Bertz CT molecular complexity index is 640. The first-order valence-corrected chi connectivity index (χ1v) is 10.3. The van der Waals surface area contributed by atoms with Gasteiger partial charge in [0, 0.05) is 23.9 Å². The molecule has 2 saturated carbocycles. The molecule has 2 aliphatic rings. The second-order valence-electron chi connectivity index (χ2n) is 8.25. The Kier molecular flexibility index (Phi) is 6.64. The zero-order chi connectivity index (χ0) is 19.3. The van der Waals surface area contributed by atoms with Crippen LogP contribution in [-0.2, 0) is 10.2 Å². The summed E-state index contributed by atoms with van der Waals surface area (Å²) < 4.78 is 10.9. The number of carbonyl (C=O) groups excluding carboxylic acids is 1. The van der Waals surface area contributed by atoms with Gasteiger partial charge >= 0.3 is 0 Å². The van der Waals surface area contributed by atoms with Gasteiger partial charge in [-0.1, -0.05) is 31.7 Å². The number of nitrogens with one attached hydrogen (secondary N) is 1. The number of rotatable bonds is 6. The maximum absolute atomic E-state index is 12.8. The second-order valence-corrected chi connectivity index (χ2v) is 8.25. The summed E-state index contributed by atoms with van der Waals surface area (Å²) in [5, 5.41) is 3.28. The van der Waals surface area contributed by atoms with Gasteiger partial charge in [-0.25, -0.2) is 0 Å². The van der Waals surface area contributed by atoms with Crippen LogP contribution in [0.2, 0.25) is 0 Å². The Morgan fingerprint density at radius 2 is 1.85 bits per heavy atom. The van der Waals surface area contributed by atoms with Crippen molar-refractivity contribution in [3.8, 4) is 11.5 Å². The fraction of sp³-hybridized carbons (Fsp3) is 0.682. The summed E-state index contributed by atoms with van der Waals surface area (Å²) in [5.74, 6) is 1.74. The van der Waals surface area contributed by atoms with Crippen LogP contribution in [0.5, 0.6) is 11.5 Å². The maximum Gasteiger partial charge on any atom is 0.223 e. The molecule has 2 aliphatic carbocycles. The predicted molar refractivity (Wildman–Crippen MR) is 107 cm³/mol. The number of benzene rings is 1. The SMILES string of the molecule is COc1ccc(C2(CNC(=O)C3CCCC(N)C3)CCCCC2)cc1OC. The van der Waals surface area contributed by atoms with Crippen LogP contribution < -0.4 is 20.5 Å². The van der Waals surface area contributed by atoms with Crippen molar-refractivity contribution in [1.82, 2.24) is 5.32 Å². The van der Waals surface area contributed by atoms with E-state index >= 15 is 0 Å². The maximum atomic E-state index is 12.8. The molecule has 2 atom stereocenters. The lowest BCUT2D eigenvalue weighted by atomic mass is 9.69. The quantitative estimate of drug-likeness (QED) is 0.799. The second kappa shape index (κ2) is 8.96. The normalized spacial score (nSPS) is 24.9. The van der Waals surface area contributed by atoms with E-state index in [2.05, 4.69) is 17.4 Å². The zero-order valence-corrected chi connectivity index (χ0v) is 16.8. The Balaban J connectivity index is 1.76. The van der Waals surface area contributed by atoms with Crippen LogP contribution in [0.3, 0.4) is 0 Å². The van der Waals surface area contributed by atoms with Crippen LogP contribution >= 0.6 is 0 Å². The van der Waals surface area contributed by atoms with E-state index in [0.29, 0.717) is 6.54 Å². The minimum absolute atomic E-state index is 0.0236. The van der Waals surface area contributed by atoms with Crippen molar-refractivity contribution in [1.29, 1.82) is 0 Å². The smallest absolute Gasteiger partial charge is 0.223 e. The van der Waals surface area contributed by atoms with Crippen LogP contribution in [0.15, 0.2) is 18.2 Å². The van der Waals surface area contributed by atoms with Gasteiger partial charge in [-0.2, -0.15) is 0 Å². The molecule has 1 aromatic rings. The van der Waals surface area contributed by atoms with Crippen molar-refractivity contribution in [3.05, 3.63) is 23.8 Å². The standard InChI is InChI=1S/C22H34N2O3/c1-26-19-10-9-17(14-20(19)27-2)22(11-4-3-5-12-22)15-24-21(25)16-7-6-8-18(23)13-16/h9-10,14,16,18H,3-8,11-13,15,23H2,1-2H3,(H,24,25). The Hall–Kier alpha value is -1.75. The number of nitrogens with two attached hydrogens (primary N) is 1. The van der Waals surface area contributed by atoms with Crippen molar-refractivity contribution in [2.75, 3.05) is 20.8 Å². The topological polar surface area (TPSA) is 73.6 Å². The molecule has 0 bridgehead atoms. The van der Waals surface area contributed by atoms with Gasteiger partial charge in [0.1, 0.15) is 0 Å². The minimum atomic E-state index is -0.0236. The van der Waals surface area contributed by atoms with Crippen LogP contribution in [0.1, 0.15) is 63.4 Å². The van der Waals surface area contributed by atoms with Gasteiger partial charge in [-0.05, 0) is 49.8 Å². The minimum Gasteiger partial charge on any atom is -0.493 e. The largest absolute Gasteiger partial charge is 0.493 e. The van der Waals surface area contributed by atoms with Crippen molar-refractivity contribution in [3.63, 3.8) is 0 Å². The molecule has 0 saturated heterocycles. The molecule has 0 radical (unpaired) electrons. The van der Waals surface area contributed by atoms with Crippen LogP contribution in [-0.4, -0.2) is 32.7 Å². The predicted octanol–water partition coefficient (Wildman–Crippen LogP) is 3.54. The van der Waals surface area contributed by atoms with Crippen molar-refractivity contribution in [2.24, 2.45) is 11.7 Å². The lowest BCUT2D eigenvalue weighted by Gasteiger charge is -2.39. The average molecular weight is 375 g/mol. The van der Waals surface area contributed by atoms with E-state index in [-0.39, 0.29) is 23.3 Å². The molecule has 5 nitrogen and oxygen atoms in total. The molecular weight excluding hydrogens is 340 g/mol. The number of ether oxygens (including phenoxy) is 2. The Labute approximate surface area is 163 Å². The lowest BCUT2D eigenvalue weighted by Crippen LogP contribution is -2.45. The average Bonchev–Trinajstić information content (AvgIpc) is 2.72. The van der Waals surface area contributed by atoms with Crippen molar-refractivity contribution in [2.45, 2.75) is 69.2 Å². The molecule has 0 aromatic heterocycles. The van der Waals surface area contributed by atoms with E-state index in [1.54, 1.807) is 14.2 Å². The fourth-order valence-electron chi connectivity index (χ4n) is 4.83. The van der Waals surface area contributed by atoms with E-state index in [9.17, 15) is 4.79 Å². The molecule has 3 N–H and O–H groups in total. The first-order chi connectivity index (χ1) is 13.1. The molecule has 5 heteroatoms. The van der Waals surface area contributed by atoms with Gasteiger partial charge in [-0.3, -0.25) is 4.79 Å². The van der Waals surface area contributed by atoms with Gasteiger partial charge in [0.25, 0.3) is 0 Å². The highest BCUT2D eigenvalue weighted by Crippen LogP contribution is 2.42.